The monoisotopic (exact) mass is 396 g/mol. The van der Waals surface area contributed by atoms with Crippen LogP contribution in [-0.4, -0.2) is 41.9 Å². The lowest BCUT2D eigenvalue weighted by atomic mass is 10.1. The van der Waals surface area contributed by atoms with Crippen molar-refractivity contribution in [3.8, 4) is 5.75 Å². The van der Waals surface area contributed by atoms with E-state index >= 15 is 0 Å². The van der Waals surface area contributed by atoms with Gasteiger partial charge in [0.15, 0.2) is 6.61 Å². The Kier molecular flexibility index (Phi) is 8.71. The van der Waals surface area contributed by atoms with Crippen molar-refractivity contribution in [2.24, 2.45) is 0 Å². The first-order valence-corrected chi connectivity index (χ1v) is 10.3. The summed E-state index contributed by atoms with van der Waals surface area (Å²) in [7, 11) is 0. The molecule has 2 aromatic rings. The Bertz CT molecular complexity index is 772. The Hall–Kier alpha value is -2.82. The van der Waals surface area contributed by atoms with E-state index in [-0.39, 0.29) is 24.5 Å². The van der Waals surface area contributed by atoms with Crippen LogP contribution in [0.1, 0.15) is 38.8 Å². The predicted molar refractivity (Wildman–Crippen MR) is 116 cm³/mol. The normalized spacial score (nSPS) is 11.8. The summed E-state index contributed by atoms with van der Waals surface area (Å²) in [6, 6.07) is 17.1. The van der Waals surface area contributed by atoms with Gasteiger partial charge in [-0.25, -0.2) is 0 Å². The third kappa shape index (κ3) is 7.26. The molecular formula is C24H32N2O3. The second kappa shape index (κ2) is 11.2. The van der Waals surface area contributed by atoms with E-state index in [2.05, 4.69) is 12.2 Å². The van der Waals surface area contributed by atoms with Crippen LogP contribution in [0.25, 0.3) is 0 Å². The molecule has 2 aromatic carbocycles. The Labute approximate surface area is 174 Å². The number of carbonyl (C=O) groups is 2. The molecule has 0 aliphatic rings. The number of hydrogen-bond donors (Lipinski definition) is 1. The van der Waals surface area contributed by atoms with Gasteiger partial charge in [-0.3, -0.25) is 9.59 Å². The van der Waals surface area contributed by atoms with Gasteiger partial charge in [-0.15, -0.1) is 0 Å². The second-order valence-corrected chi connectivity index (χ2v) is 7.45. The zero-order valence-electron chi connectivity index (χ0n) is 17.9. The summed E-state index contributed by atoms with van der Waals surface area (Å²) in [6.45, 7) is 8.02. The number of benzene rings is 2. The van der Waals surface area contributed by atoms with Crippen molar-refractivity contribution in [3.05, 3.63) is 65.7 Å². The van der Waals surface area contributed by atoms with Crippen LogP contribution >= 0.6 is 0 Å². The van der Waals surface area contributed by atoms with E-state index < -0.39 is 6.04 Å². The SMILES string of the molecule is CCc1ccc(OCC(=O)N(CCc2ccccc2)[C@H](C)C(=O)NC(C)C)cc1. The van der Waals surface area contributed by atoms with Gasteiger partial charge in [0.2, 0.25) is 5.91 Å². The standard InChI is InChI=1S/C24H32N2O3/c1-5-20-11-13-22(14-12-20)29-17-23(27)26(19(4)24(28)25-18(2)3)16-15-21-9-7-6-8-10-21/h6-14,18-19H,5,15-17H2,1-4H3,(H,25,28)/t19-/m1/s1. The summed E-state index contributed by atoms with van der Waals surface area (Å²) in [5, 5.41) is 2.89. The van der Waals surface area contributed by atoms with Crippen LogP contribution in [0, 0.1) is 0 Å². The van der Waals surface area contributed by atoms with Crippen molar-refractivity contribution in [1.82, 2.24) is 10.2 Å². The third-order valence-corrected chi connectivity index (χ3v) is 4.78. The molecule has 5 nitrogen and oxygen atoms in total. The molecule has 1 N–H and O–H groups in total. The molecule has 2 rings (SSSR count). The Balaban J connectivity index is 2.04. The van der Waals surface area contributed by atoms with E-state index in [9.17, 15) is 9.59 Å². The van der Waals surface area contributed by atoms with Crippen LogP contribution in [0.5, 0.6) is 5.75 Å². The average Bonchev–Trinajstić information content (AvgIpc) is 2.72. The highest BCUT2D eigenvalue weighted by atomic mass is 16.5. The number of nitrogens with one attached hydrogen (secondary N) is 1. The molecule has 0 saturated carbocycles. The van der Waals surface area contributed by atoms with Crippen molar-refractivity contribution >= 4 is 11.8 Å². The minimum absolute atomic E-state index is 0.0179. The van der Waals surface area contributed by atoms with E-state index in [0.717, 1.165) is 12.0 Å². The van der Waals surface area contributed by atoms with Gasteiger partial charge < -0.3 is 15.0 Å². The quantitative estimate of drug-likeness (QED) is 0.667. The molecule has 29 heavy (non-hydrogen) atoms. The molecule has 0 heterocycles. The third-order valence-electron chi connectivity index (χ3n) is 4.78. The predicted octanol–water partition coefficient (Wildman–Crippen LogP) is 3.61. The molecule has 0 bridgehead atoms. The fourth-order valence-electron chi connectivity index (χ4n) is 3.02. The van der Waals surface area contributed by atoms with Crippen molar-refractivity contribution in [2.45, 2.75) is 52.6 Å². The molecule has 2 amide bonds. The average molecular weight is 397 g/mol. The molecule has 156 valence electrons. The topological polar surface area (TPSA) is 58.6 Å². The van der Waals surface area contributed by atoms with Crippen LogP contribution in [0.15, 0.2) is 54.6 Å². The number of nitrogens with zero attached hydrogens (tertiary/aromatic N) is 1. The number of ether oxygens (including phenoxy) is 1. The van der Waals surface area contributed by atoms with E-state index in [1.54, 1.807) is 11.8 Å². The molecule has 0 aromatic heterocycles. The van der Waals surface area contributed by atoms with Gasteiger partial charge in [0.25, 0.3) is 5.91 Å². The first-order valence-electron chi connectivity index (χ1n) is 10.3. The van der Waals surface area contributed by atoms with Gasteiger partial charge in [0.05, 0.1) is 0 Å². The number of amides is 2. The van der Waals surface area contributed by atoms with Crippen molar-refractivity contribution in [2.75, 3.05) is 13.2 Å². The first-order chi connectivity index (χ1) is 13.9. The van der Waals surface area contributed by atoms with Gasteiger partial charge in [-0.2, -0.15) is 0 Å². The second-order valence-electron chi connectivity index (χ2n) is 7.45. The van der Waals surface area contributed by atoms with Gasteiger partial charge in [-0.05, 0) is 56.9 Å². The molecule has 0 fully saturated rings. The molecule has 0 aliphatic carbocycles. The Morgan fingerprint density at radius 1 is 0.966 bits per heavy atom. The van der Waals surface area contributed by atoms with E-state index in [1.807, 2.05) is 68.4 Å². The molecule has 0 aliphatic heterocycles. The number of rotatable bonds is 10. The highest BCUT2D eigenvalue weighted by Crippen LogP contribution is 2.13. The van der Waals surface area contributed by atoms with Gasteiger partial charge >= 0.3 is 0 Å². The number of aryl methyl sites for hydroxylation is 1. The summed E-state index contributed by atoms with van der Waals surface area (Å²) >= 11 is 0. The highest BCUT2D eigenvalue weighted by Gasteiger charge is 2.26. The fourth-order valence-corrected chi connectivity index (χ4v) is 3.02. The van der Waals surface area contributed by atoms with Crippen LogP contribution in [0.4, 0.5) is 0 Å². The maximum Gasteiger partial charge on any atom is 0.261 e. The van der Waals surface area contributed by atoms with Crippen molar-refractivity contribution < 1.29 is 14.3 Å². The minimum Gasteiger partial charge on any atom is -0.484 e. The zero-order chi connectivity index (χ0) is 21.2. The van der Waals surface area contributed by atoms with Crippen LogP contribution in [0.3, 0.4) is 0 Å². The van der Waals surface area contributed by atoms with Gasteiger partial charge in [0.1, 0.15) is 11.8 Å². The summed E-state index contributed by atoms with van der Waals surface area (Å²) in [4.78, 5) is 27.0. The van der Waals surface area contributed by atoms with E-state index in [0.29, 0.717) is 18.7 Å². The fraction of sp³-hybridized carbons (Fsp3) is 0.417. The van der Waals surface area contributed by atoms with Crippen LogP contribution < -0.4 is 10.1 Å². The molecule has 0 saturated heterocycles. The largest absolute Gasteiger partial charge is 0.484 e. The summed E-state index contributed by atoms with van der Waals surface area (Å²) in [5.41, 5.74) is 2.34. The number of carbonyl (C=O) groups excluding carboxylic acids is 2. The smallest absolute Gasteiger partial charge is 0.261 e. The Morgan fingerprint density at radius 3 is 2.21 bits per heavy atom. The van der Waals surface area contributed by atoms with Gasteiger partial charge in [0, 0.05) is 12.6 Å². The van der Waals surface area contributed by atoms with Crippen molar-refractivity contribution in [3.63, 3.8) is 0 Å². The van der Waals surface area contributed by atoms with Crippen molar-refractivity contribution in [1.29, 1.82) is 0 Å². The van der Waals surface area contributed by atoms with E-state index in [4.69, 9.17) is 4.74 Å². The molecule has 5 heteroatoms. The summed E-state index contributed by atoms with van der Waals surface area (Å²) < 4.78 is 5.69. The molecule has 1 atom stereocenters. The van der Waals surface area contributed by atoms with Gasteiger partial charge in [-0.1, -0.05) is 49.4 Å². The van der Waals surface area contributed by atoms with E-state index in [1.165, 1.54) is 5.56 Å². The summed E-state index contributed by atoms with van der Waals surface area (Å²) in [6.07, 6.45) is 1.63. The summed E-state index contributed by atoms with van der Waals surface area (Å²) in [5.74, 6) is 0.290. The molecule has 0 radical (unpaired) electrons. The lowest BCUT2D eigenvalue weighted by Crippen LogP contribution is -2.51. The molecule has 0 unspecified atom stereocenters. The first kappa shape index (κ1) is 22.5. The molecular weight excluding hydrogens is 364 g/mol. The minimum atomic E-state index is -0.570. The highest BCUT2D eigenvalue weighted by molar-refractivity contribution is 5.88. The number of hydrogen-bond acceptors (Lipinski definition) is 3. The maximum absolute atomic E-state index is 12.9. The zero-order valence-corrected chi connectivity index (χ0v) is 17.9. The Morgan fingerprint density at radius 2 is 1.62 bits per heavy atom. The lowest BCUT2D eigenvalue weighted by molar-refractivity contribution is -0.141. The maximum atomic E-state index is 12.9. The lowest BCUT2D eigenvalue weighted by Gasteiger charge is -2.29. The van der Waals surface area contributed by atoms with Crippen LogP contribution in [-0.2, 0) is 22.4 Å². The molecule has 0 spiro atoms. The van der Waals surface area contributed by atoms with Crippen LogP contribution in [0.2, 0.25) is 0 Å².